The van der Waals surface area contributed by atoms with Crippen LogP contribution in [0, 0.1) is 22.7 Å². The number of hydrogen-bond acceptors (Lipinski definition) is 3. The highest BCUT2D eigenvalue weighted by Crippen LogP contribution is 2.28. The molecule has 1 rings (SSSR count). The van der Waals surface area contributed by atoms with Crippen molar-refractivity contribution in [2.45, 2.75) is 32.1 Å². The van der Waals surface area contributed by atoms with Gasteiger partial charge in [0.2, 0.25) is 0 Å². The van der Waals surface area contributed by atoms with E-state index in [0.29, 0.717) is 6.61 Å². The standard InChI is InChI=1S/C14H16N2O/c1-3-10-17-13-6-4-12(5-7-13)14(2,11-16)8-9-15/h4-7H,3,8,10H2,1-2H3/t14-/m0/s1. The van der Waals surface area contributed by atoms with Crippen LogP contribution in [0.5, 0.6) is 5.75 Å². The Hall–Kier alpha value is -2.00. The zero-order valence-electron chi connectivity index (χ0n) is 10.2. The highest BCUT2D eigenvalue weighted by molar-refractivity contribution is 5.36. The van der Waals surface area contributed by atoms with E-state index >= 15 is 0 Å². The molecule has 0 aromatic heterocycles. The number of ether oxygens (including phenoxy) is 1. The summed E-state index contributed by atoms with van der Waals surface area (Å²) in [6.07, 6.45) is 1.16. The smallest absolute Gasteiger partial charge is 0.119 e. The first kappa shape index (κ1) is 13.1. The minimum atomic E-state index is -0.738. The van der Waals surface area contributed by atoms with Crippen molar-refractivity contribution in [2.24, 2.45) is 0 Å². The average molecular weight is 228 g/mol. The third-order valence-electron chi connectivity index (χ3n) is 2.64. The van der Waals surface area contributed by atoms with Crippen molar-refractivity contribution in [2.75, 3.05) is 6.61 Å². The van der Waals surface area contributed by atoms with Crippen LogP contribution in [-0.2, 0) is 5.41 Å². The third kappa shape index (κ3) is 3.23. The molecular formula is C14H16N2O. The Morgan fingerprint density at radius 3 is 2.35 bits per heavy atom. The van der Waals surface area contributed by atoms with Gasteiger partial charge in [-0.1, -0.05) is 19.1 Å². The SMILES string of the molecule is CCCOc1ccc([C@](C)(C#N)CC#N)cc1. The quantitative estimate of drug-likeness (QED) is 0.777. The largest absolute Gasteiger partial charge is 0.494 e. The molecule has 0 aliphatic heterocycles. The maximum Gasteiger partial charge on any atom is 0.119 e. The van der Waals surface area contributed by atoms with Gasteiger partial charge in [0.1, 0.15) is 5.75 Å². The molecule has 0 unspecified atom stereocenters. The van der Waals surface area contributed by atoms with Crippen molar-refractivity contribution >= 4 is 0 Å². The van der Waals surface area contributed by atoms with Gasteiger partial charge in [0.15, 0.2) is 0 Å². The third-order valence-corrected chi connectivity index (χ3v) is 2.64. The molecule has 1 atom stereocenters. The summed E-state index contributed by atoms with van der Waals surface area (Å²) in [5.41, 5.74) is 0.114. The maximum absolute atomic E-state index is 9.15. The summed E-state index contributed by atoms with van der Waals surface area (Å²) >= 11 is 0. The molecule has 88 valence electrons. The van der Waals surface area contributed by atoms with E-state index in [1.165, 1.54) is 0 Å². The minimum absolute atomic E-state index is 0.193. The second-order valence-corrected chi connectivity index (χ2v) is 4.15. The van der Waals surface area contributed by atoms with Crippen molar-refractivity contribution in [3.63, 3.8) is 0 Å². The van der Waals surface area contributed by atoms with E-state index in [2.05, 4.69) is 12.1 Å². The van der Waals surface area contributed by atoms with Gasteiger partial charge in [0.05, 0.1) is 30.6 Å². The molecule has 3 nitrogen and oxygen atoms in total. The van der Waals surface area contributed by atoms with Gasteiger partial charge < -0.3 is 4.74 Å². The van der Waals surface area contributed by atoms with Gasteiger partial charge in [-0.2, -0.15) is 10.5 Å². The monoisotopic (exact) mass is 228 g/mol. The lowest BCUT2D eigenvalue weighted by Gasteiger charge is -2.18. The Kier molecular flexibility index (Phi) is 4.55. The van der Waals surface area contributed by atoms with Gasteiger partial charge in [-0.05, 0) is 31.0 Å². The van der Waals surface area contributed by atoms with Gasteiger partial charge >= 0.3 is 0 Å². The zero-order chi connectivity index (χ0) is 12.7. The molecule has 0 bridgehead atoms. The normalized spacial score (nSPS) is 13.2. The molecular weight excluding hydrogens is 212 g/mol. The van der Waals surface area contributed by atoms with E-state index in [0.717, 1.165) is 17.7 Å². The van der Waals surface area contributed by atoms with Crippen molar-refractivity contribution in [1.29, 1.82) is 10.5 Å². The number of nitrogens with zero attached hydrogens (tertiary/aromatic N) is 2. The number of hydrogen-bond donors (Lipinski definition) is 0. The number of rotatable bonds is 5. The predicted octanol–water partition coefficient (Wildman–Crippen LogP) is 3.17. The topological polar surface area (TPSA) is 56.8 Å². The summed E-state index contributed by atoms with van der Waals surface area (Å²) in [5, 5.41) is 17.9. The van der Waals surface area contributed by atoms with E-state index in [-0.39, 0.29) is 6.42 Å². The fourth-order valence-electron chi connectivity index (χ4n) is 1.50. The molecule has 0 aliphatic rings. The fraction of sp³-hybridized carbons (Fsp3) is 0.429. The van der Waals surface area contributed by atoms with Gasteiger partial charge in [0.25, 0.3) is 0 Å². The van der Waals surface area contributed by atoms with E-state index in [4.69, 9.17) is 15.3 Å². The molecule has 17 heavy (non-hydrogen) atoms. The van der Waals surface area contributed by atoms with Crippen LogP contribution in [-0.4, -0.2) is 6.61 Å². The first-order chi connectivity index (χ1) is 8.16. The Morgan fingerprint density at radius 2 is 1.88 bits per heavy atom. The summed E-state index contributed by atoms with van der Waals surface area (Å²) in [4.78, 5) is 0. The lowest BCUT2D eigenvalue weighted by atomic mass is 9.81. The summed E-state index contributed by atoms with van der Waals surface area (Å²) in [6.45, 7) is 4.51. The minimum Gasteiger partial charge on any atom is -0.494 e. The van der Waals surface area contributed by atoms with E-state index in [9.17, 15) is 0 Å². The summed E-state index contributed by atoms with van der Waals surface area (Å²) in [5.74, 6) is 0.799. The molecule has 1 aromatic rings. The second kappa shape index (κ2) is 5.92. The molecule has 0 heterocycles. The van der Waals surface area contributed by atoms with Gasteiger partial charge in [-0.25, -0.2) is 0 Å². The van der Waals surface area contributed by atoms with Gasteiger partial charge in [-0.3, -0.25) is 0 Å². The fourth-order valence-corrected chi connectivity index (χ4v) is 1.50. The highest BCUT2D eigenvalue weighted by Gasteiger charge is 2.26. The van der Waals surface area contributed by atoms with Gasteiger partial charge in [0, 0.05) is 0 Å². The molecule has 0 fully saturated rings. The Morgan fingerprint density at radius 1 is 1.24 bits per heavy atom. The van der Waals surface area contributed by atoms with Crippen LogP contribution in [0.15, 0.2) is 24.3 Å². The molecule has 0 amide bonds. The summed E-state index contributed by atoms with van der Waals surface area (Å²) < 4.78 is 5.47. The van der Waals surface area contributed by atoms with Crippen LogP contribution < -0.4 is 4.74 Å². The Balaban J connectivity index is 2.87. The second-order valence-electron chi connectivity index (χ2n) is 4.15. The maximum atomic E-state index is 9.15. The first-order valence-corrected chi connectivity index (χ1v) is 5.68. The summed E-state index contributed by atoms with van der Waals surface area (Å²) in [7, 11) is 0. The van der Waals surface area contributed by atoms with Crippen LogP contribution >= 0.6 is 0 Å². The van der Waals surface area contributed by atoms with Crippen LogP contribution in [0.2, 0.25) is 0 Å². The predicted molar refractivity (Wildman–Crippen MR) is 65.4 cm³/mol. The highest BCUT2D eigenvalue weighted by atomic mass is 16.5. The molecule has 0 radical (unpaired) electrons. The lowest BCUT2D eigenvalue weighted by Crippen LogP contribution is -2.18. The van der Waals surface area contributed by atoms with Crippen LogP contribution in [0.3, 0.4) is 0 Å². The molecule has 0 saturated heterocycles. The Labute approximate surface area is 102 Å². The first-order valence-electron chi connectivity index (χ1n) is 5.68. The van der Waals surface area contributed by atoms with E-state index in [1.54, 1.807) is 6.92 Å². The van der Waals surface area contributed by atoms with Gasteiger partial charge in [-0.15, -0.1) is 0 Å². The molecule has 3 heteroatoms. The van der Waals surface area contributed by atoms with Crippen LogP contribution in [0.4, 0.5) is 0 Å². The Bertz CT molecular complexity index is 439. The van der Waals surface area contributed by atoms with Crippen molar-refractivity contribution in [3.8, 4) is 17.9 Å². The van der Waals surface area contributed by atoms with Crippen molar-refractivity contribution in [3.05, 3.63) is 29.8 Å². The molecule has 0 spiro atoms. The molecule has 0 saturated carbocycles. The average Bonchev–Trinajstić information content (AvgIpc) is 2.37. The van der Waals surface area contributed by atoms with Crippen molar-refractivity contribution in [1.82, 2.24) is 0 Å². The zero-order valence-corrected chi connectivity index (χ0v) is 10.2. The molecule has 1 aromatic carbocycles. The number of benzene rings is 1. The lowest BCUT2D eigenvalue weighted by molar-refractivity contribution is 0.317. The van der Waals surface area contributed by atoms with E-state index < -0.39 is 5.41 Å². The van der Waals surface area contributed by atoms with Crippen LogP contribution in [0.25, 0.3) is 0 Å². The molecule has 0 N–H and O–H groups in total. The van der Waals surface area contributed by atoms with Crippen LogP contribution in [0.1, 0.15) is 32.3 Å². The summed E-state index contributed by atoms with van der Waals surface area (Å²) in [6, 6.07) is 11.6. The van der Waals surface area contributed by atoms with E-state index in [1.807, 2.05) is 31.2 Å². The molecule has 0 aliphatic carbocycles. The van der Waals surface area contributed by atoms with Crippen molar-refractivity contribution < 1.29 is 4.74 Å². The number of nitriles is 2.